The van der Waals surface area contributed by atoms with Gasteiger partial charge in [0.05, 0.1) is 0 Å². The summed E-state index contributed by atoms with van der Waals surface area (Å²) >= 11 is 0. The summed E-state index contributed by atoms with van der Waals surface area (Å²) in [5.74, 6) is 0.533. The molecular formula is C13H24N2O3. The van der Waals surface area contributed by atoms with Crippen LogP contribution in [0.2, 0.25) is 0 Å². The highest BCUT2D eigenvalue weighted by molar-refractivity contribution is 5.82. The first-order chi connectivity index (χ1) is 8.31. The van der Waals surface area contributed by atoms with E-state index in [1.165, 1.54) is 0 Å². The lowest BCUT2D eigenvalue weighted by Gasteiger charge is -2.22. The first-order valence-electron chi connectivity index (χ1n) is 6.55. The number of carboxylic acids is 1. The van der Waals surface area contributed by atoms with Gasteiger partial charge >= 0.3 is 12.0 Å². The van der Waals surface area contributed by atoms with Crippen molar-refractivity contribution in [2.75, 3.05) is 13.6 Å². The van der Waals surface area contributed by atoms with Gasteiger partial charge in [0, 0.05) is 13.6 Å². The van der Waals surface area contributed by atoms with E-state index in [0.29, 0.717) is 24.8 Å². The highest BCUT2D eigenvalue weighted by Crippen LogP contribution is 2.37. The Morgan fingerprint density at radius 1 is 1.44 bits per heavy atom. The average molecular weight is 256 g/mol. The highest BCUT2D eigenvalue weighted by atomic mass is 16.4. The lowest BCUT2D eigenvalue weighted by molar-refractivity contribution is -0.139. The highest BCUT2D eigenvalue weighted by Gasteiger charge is 2.34. The van der Waals surface area contributed by atoms with E-state index in [0.717, 1.165) is 6.42 Å². The maximum absolute atomic E-state index is 11.9. The summed E-state index contributed by atoms with van der Waals surface area (Å²) in [7, 11) is 1.72. The fourth-order valence-corrected chi connectivity index (χ4v) is 2.04. The van der Waals surface area contributed by atoms with Gasteiger partial charge in [-0.1, -0.05) is 20.8 Å². The Labute approximate surface area is 109 Å². The van der Waals surface area contributed by atoms with E-state index in [1.807, 2.05) is 13.8 Å². The molecule has 0 spiro atoms. The number of urea groups is 1. The number of carboxylic acid groups (broad SMARTS) is 1. The number of amides is 2. The monoisotopic (exact) mass is 256 g/mol. The van der Waals surface area contributed by atoms with E-state index in [9.17, 15) is 9.59 Å². The van der Waals surface area contributed by atoms with Crippen molar-refractivity contribution in [3.8, 4) is 0 Å². The summed E-state index contributed by atoms with van der Waals surface area (Å²) in [6, 6.07) is -1.08. The largest absolute Gasteiger partial charge is 0.480 e. The minimum absolute atomic E-state index is 0.236. The van der Waals surface area contributed by atoms with Gasteiger partial charge < -0.3 is 15.3 Å². The van der Waals surface area contributed by atoms with Crippen molar-refractivity contribution in [2.45, 2.75) is 39.7 Å². The minimum atomic E-state index is -0.967. The molecule has 3 atom stereocenters. The zero-order chi connectivity index (χ0) is 13.9. The van der Waals surface area contributed by atoms with Gasteiger partial charge in [-0.25, -0.2) is 9.59 Å². The molecule has 1 aliphatic rings. The molecule has 0 aliphatic heterocycles. The van der Waals surface area contributed by atoms with E-state index < -0.39 is 12.0 Å². The molecule has 3 unspecified atom stereocenters. The molecule has 1 aliphatic carbocycles. The van der Waals surface area contributed by atoms with Gasteiger partial charge in [0.2, 0.25) is 0 Å². The molecule has 1 fully saturated rings. The smallest absolute Gasteiger partial charge is 0.326 e. The third kappa shape index (κ3) is 4.55. The van der Waals surface area contributed by atoms with Gasteiger partial charge in [-0.15, -0.1) is 0 Å². The summed E-state index contributed by atoms with van der Waals surface area (Å²) < 4.78 is 0. The minimum Gasteiger partial charge on any atom is -0.480 e. The van der Waals surface area contributed by atoms with E-state index >= 15 is 0 Å². The molecule has 18 heavy (non-hydrogen) atoms. The maximum Gasteiger partial charge on any atom is 0.326 e. The Hall–Kier alpha value is -1.26. The Kier molecular flexibility index (Phi) is 4.99. The quantitative estimate of drug-likeness (QED) is 0.761. The molecule has 5 heteroatoms. The number of aliphatic carboxylic acids is 1. The summed E-state index contributed by atoms with van der Waals surface area (Å²) in [5.41, 5.74) is 0. The molecule has 104 valence electrons. The first kappa shape index (κ1) is 14.8. The second-order valence-electron chi connectivity index (χ2n) is 5.82. The van der Waals surface area contributed by atoms with Gasteiger partial charge in [-0.05, 0) is 30.6 Å². The number of carbonyl (C=O) groups excluding carboxylic acids is 1. The fourth-order valence-electron chi connectivity index (χ4n) is 2.04. The van der Waals surface area contributed by atoms with Gasteiger partial charge in [0.15, 0.2) is 0 Å². The van der Waals surface area contributed by atoms with Crippen molar-refractivity contribution < 1.29 is 14.7 Å². The van der Waals surface area contributed by atoms with Crippen LogP contribution in [0.25, 0.3) is 0 Å². The van der Waals surface area contributed by atoms with E-state index in [4.69, 9.17) is 5.11 Å². The lowest BCUT2D eigenvalue weighted by Crippen LogP contribution is -2.47. The van der Waals surface area contributed by atoms with Gasteiger partial charge in [0.1, 0.15) is 6.04 Å². The second kappa shape index (κ2) is 6.07. The van der Waals surface area contributed by atoms with Crippen molar-refractivity contribution in [1.29, 1.82) is 0 Å². The van der Waals surface area contributed by atoms with Crippen LogP contribution < -0.4 is 5.32 Å². The topological polar surface area (TPSA) is 69.6 Å². The van der Waals surface area contributed by atoms with Crippen LogP contribution in [0.15, 0.2) is 0 Å². The van der Waals surface area contributed by atoms with E-state index in [-0.39, 0.29) is 11.9 Å². The molecule has 0 aromatic heterocycles. The number of nitrogens with one attached hydrogen (secondary N) is 1. The van der Waals surface area contributed by atoms with Crippen molar-refractivity contribution in [3.63, 3.8) is 0 Å². The zero-order valence-corrected chi connectivity index (χ0v) is 11.6. The van der Waals surface area contributed by atoms with Crippen molar-refractivity contribution in [1.82, 2.24) is 10.2 Å². The normalized spacial score (nSPS) is 23.6. The van der Waals surface area contributed by atoms with Crippen molar-refractivity contribution in [2.24, 2.45) is 17.8 Å². The van der Waals surface area contributed by atoms with Crippen LogP contribution in [0.4, 0.5) is 4.79 Å². The number of carbonyl (C=O) groups is 2. The predicted octanol–water partition coefficient (Wildman–Crippen LogP) is 1.78. The second-order valence-corrected chi connectivity index (χ2v) is 5.82. The van der Waals surface area contributed by atoms with Crippen LogP contribution >= 0.6 is 0 Å². The Morgan fingerprint density at radius 2 is 2.00 bits per heavy atom. The molecule has 0 aromatic rings. The number of hydrogen-bond acceptors (Lipinski definition) is 2. The van der Waals surface area contributed by atoms with E-state index in [2.05, 4.69) is 12.2 Å². The molecular weight excluding hydrogens is 232 g/mol. The van der Waals surface area contributed by atoms with Crippen LogP contribution in [-0.2, 0) is 4.79 Å². The van der Waals surface area contributed by atoms with Crippen LogP contribution in [0.5, 0.6) is 0 Å². The van der Waals surface area contributed by atoms with Crippen LogP contribution in [0.1, 0.15) is 33.6 Å². The third-order valence-corrected chi connectivity index (χ3v) is 3.43. The van der Waals surface area contributed by atoms with Gasteiger partial charge in [-0.2, -0.15) is 0 Å². The molecule has 5 nitrogen and oxygen atoms in total. The number of hydrogen-bond donors (Lipinski definition) is 2. The molecule has 0 heterocycles. The van der Waals surface area contributed by atoms with Crippen molar-refractivity contribution >= 4 is 12.0 Å². The van der Waals surface area contributed by atoms with Crippen LogP contribution in [0.3, 0.4) is 0 Å². The molecule has 1 saturated carbocycles. The molecule has 0 aromatic carbocycles. The molecule has 2 amide bonds. The predicted molar refractivity (Wildman–Crippen MR) is 69.3 cm³/mol. The summed E-state index contributed by atoms with van der Waals surface area (Å²) in [4.78, 5) is 24.5. The Bertz CT molecular complexity index is 317. The van der Waals surface area contributed by atoms with Crippen LogP contribution in [0, 0.1) is 17.8 Å². The van der Waals surface area contributed by atoms with Gasteiger partial charge in [0.25, 0.3) is 0 Å². The standard InChI is InChI=1S/C13H24N2O3/c1-8(2)5-11(12(16)17)14-13(18)15(4)7-10-6-9(10)3/h8-11H,5-7H2,1-4H3,(H,14,18)(H,16,17). The summed E-state index contributed by atoms with van der Waals surface area (Å²) in [6.45, 7) is 6.76. The molecule has 0 bridgehead atoms. The molecule has 0 radical (unpaired) electrons. The summed E-state index contributed by atoms with van der Waals surface area (Å²) in [5, 5.41) is 11.6. The average Bonchev–Trinajstić information content (AvgIpc) is 2.92. The van der Waals surface area contributed by atoms with E-state index in [1.54, 1.807) is 11.9 Å². The number of rotatable bonds is 6. The number of nitrogens with zero attached hydrogens (tertiary/aromatic N) is 1. The SMILES string of the molecule is CC(C)CC(NC(=O)N(C)CC1CC1C)C(=O)O. The third-order valence-electron chi connectivity index (χ3n) is 3.43. The summed E-state index contributed by atoms with van der Waals surface area (Å²) in [6.07, 6.45) is 1.61. The Balaban J connectivity index is 2.41. The molecule has 0 saturated heterocycles. The van der Waals surface area contributed by atoms with Gasteiger partial charge in [-0.3, -0.25) is 0 Å². The molecule has 2 N–H and O–H groups in total. The fraction of sp³-hybridized carbons (Fsp3) is 0.846. The lowest BCUT2D eigenvalue weighted by atomic mass is 10.0. The van der Waals surface area contributed by atoms with Crippen molar-refractivity contribution in [3.05, 3.63) is 0 Å². The van der Waals surface area contributed by atoms with Crippen LogP contribution in [-0.4, -0.2) is 41.6 Å². The Morgan fingerprint density at radius 3 is 2.39 bits per heavy atom. The molecule has 1 rings (SSSR count). The maximum atomic E-state index is 11.9. The first-order valence-corrected chi connectivity index (χ1v) is 6.55. The zero-order valence-electron chi connectivity index (χ0n) is 11.6.